The third kappa shape index (κ3) is 1.68. The van der Waals surface area contributed by atoms with E-state index < -0.39 is 0 Å². The van der Waals surface area contributed by atoms with Crippen molar-refractivity contribution in [3.63, 3.8) is 0 Å². The molecule has 0 aliphatic carbocycles. The Bertz CT molecular complexity index is 678. The highest BCUT2D eigenvalue weighted by molar-refractivity contribution is 5.87. The molecular weight excluding hydrogens is 222 g/mol. The number of pyridine rings is 1. The van der Waals surface area contributed by atoms with Crippen LogP contribution in [0, 0.1) is 0 Å². The van der Waals surface area contributed by atoms with Gasteiger partial charge in [0.25, 0.3) is 0 Å². The highest BCUT2D eigenvalue weighted by Gasteiger charge is 2.10. The lowest BCUT2D eigenvalue weighted by Crippen LogP contribution is -2.03. The van der Waals surface area contributed by atoms with Gasteiger partial charge in [0.05, 0.1) is 11.2 Å². The molecule has 0 N–H and O–H groups in total. The fraction of sp³-hybridized carbons (Fsp3) is 0.200. The number of hydrogen-bond acceptors (Lipinski definition) is 2. The maximum atomic E-state index is 4.44. The molecular formula is C15H15N3. The van der Waals surface area contributed by atoms with Crippen molar-refractivity contribution in [3.05, 3.63) is 54.7 Å². The predicted molar refractivity (Wildman–Crippen MR) is 73.0 cm³/mol. The van der Waals surface area contributed by atoms with Gasteiger partial charge in [0.15, 0.2) is 0 Å². The van der Waals surface area contributed by atoms with Crippen molar-refractivity contribution in [2.45, 2.75) is 19.8 Å². The van der Waals surface area contributed by atoms with Crippen molar-refractivity contribution in [1.29, 1.82) is 0 Å². The lowest BCUT2D eigenvalue weighted by atomic mass is 10.1. The Morgan fingerprint density at radius 3 is 2.72 bits per heavy atom. The summed E-state index contributed by atoms with van der Waals surface area (Å²) in [4.78, 5) is 8.83. The predicted octanol–water partition coefficient (Wildman–Crippen LogP) is 3.54. The van der Waals surface area contributed by atoms with Crippen molar-refractivity contribution in [1.82, 2.24) is 14.5 Å². The van der Waals surface area contributed by atoms with E-state index in [0.29, 0.717) is 5.92 Å². The molecule has 3 rings (SSSR count). The van der Waals surface area contributed by atoms with Crippen LogP contribution in [0.3, 0.4) is 0 Å². The first-order valence-electron chi connectivity index (χ1n) is 6.15. The van der Waals surface area contributed by atoms with Gasteiger partial charge >= 0.3 is 0 Å². The van der Waals surface area contributed by atoms with Crippen molar-refractivity contribution < 1.29 is 0 Å². The zero-order valence-electron chi connectivity index (χ0n) is 10.5. The first kappa shape index (κ1) is 11.0. The fourth-order valence-electron chi connectivity index (χ4n) is 2.24. The number of imidazole rings is 1. The minimum atomic E-state index is 0.395. The summed E-state index contributed by atoms with van der Waals surface area (Å²) in [6.45, 7) is 4.31. The average Bonchev–Trinajstić information content (AvgIpc) is 2.87. The fourth-order valence-corrected chi connectivity index (χ4v) is 2.24. The standard InChI is InChI=1S/C15H15N3/c1-11(2)15-17-9-10-18(15)14-7-3-6-13-12(14)5-4-8-16-13/h3-11H,1-2H3. The van der Waals surface area contributed by atoms with Crippen molar-refractivity contribution >= 4 is 10.9 Å². The van der Waals surface area contributed by atoms with Gasteiger partial charge in [-0.2, -0.15) is 0 Å². The van der Waals surface area contributed by atoms with Gasteiger partial charge in [-0.25, -0.2) is 4.98 Å². The van der Waals surface area contributed by atoms with E-state index in [1.807, 2.05) is 36.8 Å². The van der Waals surface area contributed by atoms with E-state index in [-0.39, 0.29) is 0 Å². The molecule has 90 valence electrons. The number of hydrogen-bond donors (Lipinski definition) is 0. The Balaban J connectivity index is 2.28. The third-order valence-corrected chi connectivity index (χ3v) is 3.07. The van der Waals surface area contributed by atoms with Crippen molar-refractivity contribution in [2.24, 2.45) is 0 Å². The molecule has 0 atom stereocenters. The van der Waals surface area contributed by atoms with Gasteiger partial charge in [0, 0.05) is 29.9 Å². The Labute approximate surface area is 106 Å². The minimum absolute atomic E-state index is 0.395. The van der Waals surface area contributed by atoms with E-state index in [4.69, 9.17) is 0 Å². The minimum Gasteiger partial charge on any atom is -0.303 e. The van der Waals surface area contributed by atoms with Gasteiger partial charge in [0.1, 0.15) is 5.82 Å². The highest BCUT2D eigenvalue weighted by atomic mass is 15.1. The zero-order chi connectivity index (χ0) is 12.5. The largest absolute Gasteiger partial charge is 0.303 e. The van der Waals surface area contributed by atoms with Crippen LogP contribution in [0.2, 0.25) is 0 Å². The van der Waals surface area contributed by atoms with Gasteiger partial charge in [0.2, 0.25) is 0 Å². The molecule has 0 saturated heterocycles. The van der Waals surface area contributed by atoms with Gasteiger partial charge in [-0.05, 0) is 24.3 Å². The second kappa shape index (κ2) is 4.26. The number of aromatic nitrogens is 3. The van der Waals surface area contributed by atoms with Crippen LogP contribution in [0.1, 0.15) is 25.6 Å². The average molecular weight is 237 g/mol. The molecule has 3 nitrogen and oxygen atoms in total. The molecule has 0 aliphatic rings. The van der Waals surface area contributed by atoms with Gasteiger partial charge < -0.3 is 4.57 Å². The van der Waals surface area contributed by atoms with Gasteiger partial charge in [-0.3, -0.25) is 4.98 Å². The summed E-state index contributed by atoms with van der Waals surface area (Å²) in [5, 5.41) is 1.15. The van der Waals surface area contributed by atoms with Crippen molar-refractivity contribution in [3.8, 4) is 5.69 Å². The summed E-state index contributed by atoms with van der Waals surface area (Å²) < 4.78 is 2.15. The molecule has 18 heavy (non-hydrogen) atoms. The third-order valence-electron chi connectivity index (χ3n) is 3.07. The zero-order valence-corrected chi connectivity index (χ0v) is 10.5. The molecule has 0 amide bonds. The Hall–Kier alpha value is -2.16. The van der Waals surface area contributed by atoms with Gasteiger partial charge in [-0.15, -0.1) is 0 Å². The molecule has 2 heterocycles. The lowest BCUT2D eigenvalue weighted by Gasteiger charge is -2.12. The topological polar surface area (TPSA) is 30.7 Å². The maximum Gasteiger partial charge on any atom is 0.115 e. The number of nitrogens with zero attached hydrogens (tertiary/aromatic N) is 3. The van der Waals surface area contributed by atoms with E-state index in [1.165, 1.54) is 0 Å². The summed E-state index contributed by atoms with van der Waals surface area (Å²) in [6, 6.07) is 10.2. The van der Waals surface area contributed by atoms with Crippen LogP contribution in [0.5, 0.6) is 0 Å². The van der Waals surface area contributed by atoms with E-state index in [1.54, 1.807) is 0 Å². The van der Waals surface area contributed by atoms with Crippen LogP contribution in [0.15, 0.2) is 48.9 Å². The van der Waals surface area contributed by atoms with Crippen LogP contribution in [-0.4, -0.2) is 14.5 Å². The van der Waals surface area contributed by atoms with Crippen LogP contribution in [-0.2, 0) is 0 Å². The van der Waals surface area contributed by atoms with E-state index in [2.05, 4.69) is 40.5 Å². The van der Waals surface area contributed by atoms with Crippen LogP contribution in [0.25, 0.3) is 16.6 Å². The SMILES string of the molecule is CC(C)c1nccn1-c1cccc2ncccc12. The molecule has 0 bridgehead atoms. The van der Waals surface area contributed by atoms with Gasteiger partial charge in [-0.1, -0.05) is 19.9 Å². The number of benzene rings is 1. The molecule has 0 aliphatic heterocycles. The number of fused-ring (bicyclic) bond motifs is 1. The van der Waals surface area contributed by atoms with E-state index in [0.717, 1.165) is 22.4 Å². The monoisotopic (exact) mass is 237 g/mol. The Kier molecular flexibility index (Phi) is 2.59. The molecule has 3 heteroatoms. The molecule has 1 aromatic carbocycles. The quantitative estimate of drug-likeness (QED) is 0.682. The highest BCUT2D eigenvalue weighted by Crippen LogP contribution is 2.24. The lowest BCUT2D eigenvalue weighted by molar-refractivity contribution is 0.753. The van der Waals surface area contributed by atoms with E-state index >= 15 is 0 Å². The summed E-state index contributed by atoms with van der Waals surface area (Å²) in [5.41, 5.74) is 2.15. The summed E-state index contributed by atoms with van der Waals surface area (Å²) >= 11 is 0. The Morgan fingerprint density at radius 1 is 1.00 bits per heavy atom. The molecule has 2 aromatic heterocycles. The van der Waals surface area contributed by atoms with Crippen LogP contribution >= 0.6 is 0 Å². The van der Waals surface area contributed by atoms with Crippen LogP contribution < -0.4 is 0 Å². The molecule has 0 radical (unpaired) electrons. The normalized spacial score (nSPS) is 11.3. The summed E-state index contributed by atoms with van der Waals surface area (Å²) in [5.74, 6) is 1.47. The van der Waals surface area contributed by atoms with Crippen LogP contribution in [0.4, 0.5) is 0 Å². The first-order valence-corrected chi connectivity index (χ1v) is 6.15. The van der Waals surface area contributed by atoms with E-state index in [9.17, 15) is 0 Å². The second-order valence-corrected chi connectivity index (χ2v) is 4.66. The van der Waals surface area contributed by atoms with Crippen molar-refractivity contribution in [2.75, 3.05) is 0 Å². The summed E-state index contributed by atoms with van der Waals surface area (Å²) in [7, 11) is 0. The first-order chi connectivity index (χ1) is 8.77. The number of rotatable bonds is 2. The molecule has 3 aromatic rings. The second-order valence-electron chi connectivity index (χ2n) is 4.66. The molecule has 0 fully saturated rings. The molecule has 0 unspecified atom stereocenters. The smallest absolute Gasteiger partial charge is 0.115 e. The molecule has 0 saturated carbocycles. The molecule has 0 spiro atoms. The maximum absolute atomic E-state index is 4.44. The Morgan fingerprint density at radius 2 is 1.89 bits per heavy atom. The summed E-state index contributed by atoms with van der Waals surface area (Å²) in [6.07, 6.45) is 5.69.